The standard InChI is InChI=1S/C18H24N4O2S/c1-13(2)17(24)20-9-8-19-16(23)12-25-18-21-10-11-22(18)15-7-5-4-6-14(15)3/h4-7,10-11,13H,8-9,12H2,1-3H3,(H,19,23)(H,20,24). The van der Waals surface area contributed by atoms with Crippen molar-refractivity contribution < 1.29 is 9.59 Å². The van der Waals surface area contributed by atoms with Gasteiger partial charge in [0.05, 0.1) is 11.4 Å². The lowest BCUT2D eigenvalue weighted by Crippen LogP contribution is -2.37. The van der Waals surface area contributed by atoms with Crippen molar-refractivity contribution in [1.29, 1.82) is 0 Å². The summed E-state index contributed by atoms with van der Waals surface area (Å²) in [5.41, 5.74) is 2.20. The van der Waals surface area contributed by atoms with Crippen molar-refractivity contribution in [2.75, 3.05) is 18.8 Å². The maximum atomic E-state index is 11.9. The van der Waals surface area contributed by atoms with Gasteiger partial charge in [0.1, 0.15) is 0 Å². The first-order chi connectivity index (χ1) is 12.0. The molecule has 6 nitrogen and oxygen atoms in total. The van der Waals surface area contributed by atoms with Crippen LogP contribution in [0.5, 0.6) is 0 Å². The second-order valence-electron chi connectivity index (χ2n) is 5.95. The third kappa shape index (κ3) is 5.63. The normalized spacial score (nSPS) is 10.7. The van der Waals surface area contributed by atoms with Crippen molar-refractivity contribution in [3.63, 3.8) is 0 Å². The molecule has 2 rings (SSSR count). The summed E-state index contributed by atoms with van der Waals surface area (Å²) in [5.74, 6) is 0.139. The van der Waals surface area contributed by atoms with Gasteiger partial charge in [0.15, 0.2) is 5.16 Å². The molecular weight excluding hydrogens is 336 g/mol. The fourth-order valence-electron chi connectivity index (χ4n) is 2.19. The highest BCUT2D eigenvalue weighted by atomic mass is 32.2. The molecule has 1 aromatic heterocycles. The summed E-state index contributed by atoms with van der Waals surface area (Å²) < 4.78 is 1.98. The van der Waals surface area contributed by atoms with Crippen LogP contribution in [0.25, 0.3) is 5.69 Å². The zero-order valence-electron chi connectivity index (χ0n) is 14.8. The number of rotatable bonds is 8. The third-order valence-corrected chi connectivity index (χ3v) is 4.55. The molecule has 0 aliphatic carbocycles. The van der Waals surface area contributed by atoms with Crippen LogP contribution in [-0.2, 0) is 9.59 Å². The molecule has 2 N–H and O–H groups in total. The van der Waals surface area contributed by atoms with E-state index in [0.717, 1.165) is 16.4 Å². The van der Waals surface area contributed by atoms with Crippen LogP contribution >= 0.6 is 11.8 Å². The number of benzene rings is 1. The lowest BCUT2D eigenvalue weighted by atomic mass is 10.2. The second-order valence-corrected chi connectivity index (χ2v) is 6.89. The van der Waals surface area contributed by atoms with Gasteiger partial charge in [-0.1, -0.05) is 43.8 Å². The van der Waals surface area contributed by atoms with Crippen molar-refractivity contribution in [2.24, 2.45) is 5.92 Å². The lowest BCUT2D eigenvalue weighted by Gasteiger charge is -2.11. The number of aryl methyl sites for hydroxylation is 1. The average Bonchev–Trinajstić information content (AvgIpc) is 3.05. The van der Waals surface area contributed by atoms with Gasteiger partial charge < -0.3 is 10.6 Å². The number of para-hydroxylation sites is 1. The molecule has 0 aliphatic heterocycles. The van der Waals surface area contributed by atoms with Crippen LogP contribution < -0.4 is 10.6 Å². The van der Waals surface area contributed by atoms with E-state index in [4.69, 9.17) is 0 Å². The molecule has 1 aromatic carbocycles. The first kappa shape index (κ1) is 19.1. The minimum atomic E-state index is -0.0804. The van der Waals surface area contributed by atoms with Gasteiger partial charge in [-0.3, -0.25) is 14.2 Å². The smallest absolute Gasteiger partial charge is 0.230 e. The largest absolute Gasteiger partial charge is 0.354 e. The Labute approximate surface area is 152 Å². The van der Waals surface area contributed by atoms with Crippen LogP contribution in [0.4, 0.5) is 0 Å². The molecule has 0 radical (unpaired) electrons. The quantitative estimate of drug-likeness (QED) is 0.559. The van der Waals surface area contributed by atoms with E-state index in [1.165, 1.54) is 11.8 Å². The van der Waals surface area contributed by atoms with Crippen LogP contribution in [0, 0.1) is 12.8 Å². The molecule has 0 aliphatic rings. The average molecular weight is 360 g/mol. The van der Waals surface area contributed by atoms with E-state index in [-0.39, 0.29) is 23.5 Å². The molecule has 0 spiro atoms. The number of nitrogens with zero attached hydrogens (tertiary/aromatic N) is 2. The summed E-state index contributed by atoms with van der Waals surface area (Å²) in [5, 5.41) is 6.34. The second kappa shape index (κ2) is 9.27. The molecule has 0 saturated heterocycles. The van der Waals surface area contributed by atoms with Crippen molar-refractivity contribution in [3.05, 3.63) is 42.2 Å². The zero-order chi connectivity index (χ0) is 18.2. The minimum Gasteiger partial charge on any atom is -0.354 e. The molecule has 0 atom stereocenters. The van der Waals surface area contributed by atoms with Crippen LogP contribution in [0.15, 0.2) is 41.8 Å². The molecule has 2 amide bonds. The molecule has 0 fully saturated rings. The number of carbonyl (C=O) groups excluding carboxylic acids is 2. The molecule has 0 unspecified atom stereocenters. The van der Waals surface area contributed by atoms with Crippen molar-refractivity contribution in [1.82, 2.24) is 20.2 Å². The number of carbonyl (C=O) groups is 2. The number of hydrogen-bond acceptors (Lipinski definition) is 4. The van der Waals surface area contributed by atoms with Gasteiger partial charge in [-0.05, 0) is 18.6 Å². The highest BCUT2D eigenvalue weighted by Gasteiger charge is 2.10. The molecule has 0 bridgehead atoms. The van der Waals surface area contributed by atoms with Gasteiger partial charge in [0.2, 0.25) is 11.8 Å². The molecule has 25 heavy (non-hydrogen) atoms. The van der Waals surface area contributed by atoms with E-state index >= 15 is 0 Å². The predicted molar refractivity (Wildman–Crippen MR) is 99.9 cm³/mol. The first-order valence-corrected chi connectivity index (χ1v) is 9.24. The Balaban J connectivity index is 1.81. The minimum absolute atomic E-state index is 0.0103. The SMILES string of the molecule is Cc1ccccc1-n1ccnc1SCC(=O)NCCNC(=O)C(C)C. The van der Waals surface area contributed by atoms with E-state index in [1.54, 1.807) is 6.20 Å². The van der Waals surface area contributed by atoms with Gasteiger partial charge >= 0.3 is 0 Å². The van der Waals surface area contributed by atoms with E-state index in [2.05, 4.69) is 15.6 Å². The van der Waals surface area contributed by atoms with Gasteiger partial charge in [-0.2, -0.15) is 0 Å². The van der Waals surface area contributed by atoms with Crippen molar-refractivity contribution in [2.45, 2.75) is 25.9 Å². The fraction of sp³-hybridized carbons (Fsp3) is 0.389. The van der Waals surface area contributed by atoms with Crippen LogP contribution in [0.1, 0.15) is 19.4 Å². The summed E-state index contributed by atoms with van der Waals surface area (Å²) in [6.45, 7) is 6.57. The van der Waals surface area contributed by atoms with Crippen molar-refractivity contribution in [3.8, 4) is 5.69 Å². The summed E-state index contributed by atoms with van der Waals surface area (Å²) in [6.07, 6.45) is 3.62. The Bertz CT molecular complexity index is 727. The molecule has 1 heterocycles. The molecule has 2 aromatic rings. The summed E-state index contributed by atoms with van der Waals surface area (Å²) in [6, 6.07) is 8.05. The number of amides is 2. The number of hydrogen-bond donors (Lipinski definition) is 2. The number of thioether (sulfide) groups is 1. The number of imidazole rings is 1. The third-order valence-electron chi connectivity index (χ3n) is 3.58. The lowest BCUT2D eigenvalue weighted by molar-refractivity contribution is -0.124. The van der Waals surface area contributed by atoms with E-state index in [9.17, 15) is 9.59 Å². The Kier molecular flexibility index (Phi) is 7.06. The van der Waals surface area contributed by atoms with Crippen LogP contribution in [0.3, 0.4) is 0 Å². The van der Waals surface area contributed by atoms with Gasteiger partial charge in [-0.15, -0.1) is 0 Å². The molecule has 134 valence electrons. The van der Waals surface area contributed by atoms with Gasteiger partial charge in [0, 0.05) is 31.4 Å². The van der Waals surface area contributed by atoms with E-state index in [0.29, 0.717) is 13.1 Å². The molecule has 0 saturated carbocycles. The topological polar surface area (TPSA) is 76.0 Å². The van der Waals surface area contributed by atoms with E-state index in [1.807, 2.05) is 55.8 Å². The Morgan fingerprint density at radius 2 is 1.92 bits per heavy atom. The number of nitrogens with one attached hydrogen (secondary N) is 2. The van der Waals surface area contributed by atoms with Crippen LogP contribution in [-0.4, -0.2) is 40.2 Å². The summed E-state index contributed by atoms with van der Waals surface area (Å²) in [4.78, 5) is 27.7. The Morgan fingerprint density at radius 1 is 1.20 bits per heavy atom. The first-order valence-electron chi connectivity index (χ1n) is 8.25. The predicted octanol–water partition coefficient (Wildman–Crippen LogP) is 2.16. The van der Waals surface area contributed by atoms with Crippen molar-refractivity contribution >= 4 is 23.6 Å². The van der Waals surface area contributed by atoms with Gasteiger partial charge in [0.25, 0.3) is 0 Å². The fourth-order valence-corrected chi connectivity index (χ4v) is 2.98. The highest BCUT2D eigenvalue weighted by Crippen LogP contribution is 2.22. The Morgan fingerprint density at radius 3 is 2.64 bits per heavy atom. The monoisotopic (exact) mass is 360 g/mol. The number of aromatic nitrogens is 2. The summed E-state index contributed by atoms with van der Waals surface area (Å²) >= 11 is 1.39. The van der Waals surface area contributed by atoms with Crippen LogP contribution in [0.2, 0.25) is 0 Å². The Hall–Kier alpha value is -2.28. The molecule has 7 heteroatoms. The highest BCUT2D eigenvalue weighted by molar-refractivity contribution is 7.99. The molecular formula is C18H24N4O2S. The van der Waals surface area contributed by atoms with Gasteiger partial charge in [-0.25, -0.2) is 4.98 Å². The summed E-state index contributed by atoms with van der Waals surface area (Å²) in [7, 11) is 0. The van der Waals surface area contributed by atoms with E-state index < -0.39 is 0 Å². The maximum absolute atomic E-state index is 11.9. The maximum Gasteiger partial charge on any atom is 0.230 e. The zero-order valence-corrected chi connectivity index (χ0v) is 15.6.